The molecule has 0 radical (unpaired) electrons. The molecule has 2 atom stereocenters. The molecule has 0 spiro atoms. The fourth-order valence-corrected chi connectivity index (χ4v) is 2.73. The number of hydrogen-bond donors (Lipinski definition) is 2. The highest BCUT2D eigenvalue weighted by Crippen LogP contribution is 2.15. The largest absolute Gasteiger partial charge is 0.391 e. The van der Waals surface area contributed by atoms with Gasteiger partial charge in [-0.3, -0.25) is 0 Å². The predicted molar refractivity (Wildman–Crippen MR) is 76.0 cm³/mol. The third-order valence-electron chi connectivity index (χ3n) is 2.64. The molecule has 1 aromatic carbocycles. The first-order valence-corrected chi connectivity index (χ1v) is 7.30. The van der Waals surface area contributed by atoms with Crippen LogP contribution >= 0.6 is 11.8 Å². The maximum Gasteiger partial charge on any atom is 0.0781 e. The van der Waals surface area contributed by atoms with Crippen molar-refractivity contribution < 1.29 is 5.11 Å². The molecule has 0 amide bonds. The van der Waals surface area contributed by atoms with Crippen LogP contribution in [-0.2, 0) is 5.75 Å². The summed E-state index contributed by atoms with van der Waals surface area (Å²) in [7, 11) is 0. The van der Waals surface area contributed by atoms with Crippen LogP contribution in [0, 0.1) is 5.92 Å². The number of aliphatic hydroxyl groups is 1. The lowest BCUT2D eigenvalue weighted by Crippen LogP contribution is -2.37. The normalized spacial score (nSPS) is 14.9. The van der Waals surface area contributed by atoms with Gasteiger partial charge < -0.3 is 10.8 Å². The Morgan fingerprint density at radius 1 is 1.24 bits per heavy atom. The van der Waals surface area contributed by atoms with Gasteiger partial charge in [0, 0.05) is 17.5 Å². The van der Waals surface area contributed by atoms with E-state index in [1.54, 1.807) is 11.8 Å². The molecule has 2 nitrogen and oxygen atoms in total. The third kappa shape index (κ3) is 6.10. The molecule has 0 heterocycles. The summed E-state index contributed by atoms with van der Waals surface area (Å²) in [6, 6.07) is 10.2. The molecule has 0 aliphatic heterocycles. The fourth-order valence-electron chi connectivity index (χ4n) is 1.70. The number of nitrogens with two attached hydrogens (primary N) is 1. The molecule has 1 rings (SSSR count). The summed E-state index contributed by atoms with van der Waals surface area (Å²) in [4.78, 5) is 0. The lowest BCUT2D eigenvalue weighted by molar-refractivity contribution is 0.157. The van der Waals surface area contributed by atoms with E-state index < -0.39 is 6.10 Å². The van der Waals surface area contributed by atoms with Crippen molar-refractivity contribution >= 4 is 11.8 Å². The highest BCUT2D eigenvalue weighted by atomic mass is 32.2. The van der Waals surface area contributed by atoms with Crippen LogP contribution in [0.15, 0.2) is 30.3 Å². The zero-order valence-electron chi connectivity index (χ0n) is 10.7. The van der Waals surface area contributed by atoms with E-state index in [2.05, 4.69) is 26.0 Å². The Bertz CT molecular complexity index is 302. The van der Waals surface area contributed by atoms with Crippen LogP contribution in [0.25, 0.3) is 0 Å². The number of rotatable bonds is 7. The summed E-state index contributed by atoms with van der Waals surface area (Å²) in [5.41, 5.74) is 7.23. The molecule has 0 saturated heterocycles. The quantitative estimate of drug-likeness (QED) is 0.785. The minimum atomic E-state index is -0.397. The molecule has 96 valence electrons. The van der Waals surface area contributed by atoms with Crippen LogP contribution in [0.1, 0.15) is 25.8 Å². The highest BCUT2D eigenvalue weighted by molar-refractivity contribution is 7.98. The fraction of sp³-hybridized carbons (Fsp3) is 0.571. The maximum atomic E-state index is 9.90. The van der Waals surface area contributed by atoms with Crippen molar-refractivity contribution in [2.24, 2.45) is 11.7 Å². The second kappa shape index (κ2) is 7.75. The first-order valence-electron chi connectivity index (χ1n) is 6.15. The van der Waals surface area contributed by atoms with Gasteiger partial charge in [0.25, 0.3) is 0 Å². The Labute approximate surface area is 109 Å². The number of hydrogen-bond acceptors (Lipinski definition) is 3. The number of aliphatic hydroxyl groups excluding tert-OH is 1. The summed E-state index contributed by atoms with van der Waals surface area (Å²) in [6.07, 6.45) is 0.485. The van der Waals surface area contributed by atoms with Crippen LogP contribution in [-0.4, -0.2) is 23.0 Å². The predicted octanol–water partition coefficient (Wildman–Crippen LogP) is 2.65. The van der Waals surface area contributed by atoms with Crippen molar-refractivity contribution in [3.8, 4) is 0 Å². The van der Waals surface area contributed by atoms with Gasteiger partial charge in [-0.05, 0) is 17.9 Å². The van der Waals surface area contributed by atoms with Crippen LogP contribution in [0.4, 0.5) is 0 Å². The Morgan fingerprint density at radius 2 is 1.88 bits per heavy atom. The van der Waals surface area contributed by atoms with E-state index in [0.717, 1.165) is 12.2 Å². The minimum absolute atomic E-state index is 0.0988. The monoisotopic (exact) mass is 253 g/mol. The molecule has 0 aromatic heterocycles. The molecule has 0 aliphatic rings. The molecule has 2 unspecified atom stereocenters. The Hall–Kier alpha value is -0.510. The highest BCUT2D eigenvalue weighted by Gasteiger charge is 2.15. The number of thioether (sulfide) groups is 1. The van der Waals surface area contributed by atoms with Gasteiger partial charge in [-0.15, -0.1) is 0 Å². The summed E-state index contributed by atoms with van der Waals surface area (Å²) >= 11 is 1.74. The molecule has 1 aromatic rings. The summed E-state index contributed by atoms with van der Waals surface area (Å²) in [5.74, 6) is 2.19. The van der Waals surface area contributed by atoms with E-state index in [4.69, 9.17) is 5.73 Å². The van der Waals surface area contributed by atoms with E-state index in [1.807, 2.05) is 18.2 Å². The van der Waals surface area contributed by atoms with Gasteiger partial charge >= 0.3 is 0 Å². The Kier molecular flexibility index (Phi) is 6.63. The number of benzene rings is 1. The van der Waals surface area contributed by atoms with Crippen LogP contribution in [0.2, 0.25) is 0 Å². The molecule has 0 fully saturated rings. The molecule has 3 N–H and O–H groups in total. The lowest BCUT2D eigenvalue weighted by atomic mass is 10.0. The van der Waals surface area contributed by atoms with Crippen molar-refractivity contribution in [1.29, 1.82) is 0 Å². The summed E-state index contributed by atoms with van der Waals surface area (Å²) in [5, 5.41) is 9.90. The molecule has 0 bridgehead atoms. The van der Waals surface area contributed by atoms with E-state index in [1.165, 1.54) is 5.56 Å². The van der Waals surface area contributed by atoms with Gasteiger partial charge in [0.15, 0.2) is 0 Å². The standard InChI is InChI=1S/C14H23NOS/c1-11(2)8-13(15)14(16)10-17-9-12-6-4-3-5-7-12/h3-7,11,13-14,16H,8-10,15H2,1-2H3. The average molecular weight is 253 g/mol. The van der Waals surface area contributed by atoms with Crippen molar-refractivity contribution in [3.05, 3.63) is 35.9 Å². The van der Waals surface area contributed by atoms with Gasteiger partial charge in [-0.2, -0.15) is 11.8 Å². The maximum absolute atomic E-state index is 9.90. The SMILES string of the molecule is CC(C)CC(N)C(O)CSCc1ccccc1. The van der Waals surface area contributed by atoms with Gasteiger partial charge in [0.2, 0.25) is 0 Å². The zero-order valence-corrected chi connectivity index (χ0v) is 11.5. The Balaban J connectivity index is 2.22. The smallest absolute Gasteiger partial charge is 0.0781 e. The van der Waals surface area contributed by atoms with Gasteiger partial charge in [-0.25, -0.2) is 0 Å². The zero-order chi connectivity index (χ0) is 12.7. The van der Waals surface area contributed by atoms with Gasteiger partial charge in [0.05, 0.1) is 6.10 Å². The van der Waals surface area contributed by atoms with E-state index in [0.29, 0.717) is 11.7 Å². The molecule has 0 aliphatic carbocycles. The third-order valence-corrected chi connectivity index (χ3v) is 3.75. The van der Waals surface area contributed by atoms with Crippen molar-refractivity contribution in [2.75, 3.05) is 5.75 Å². The van der Waals surface area contributed by atoms with Crippen molar-refractivity contribution in [2.45, 2.75) is 38.2 Å². The lowest BCUT2D eigenvalue weighted by Gasteiger charge is -2.20. The second-order valence-corrected chi connectivity index (χ2v) is 5.89. The summed E-state index contributed by atoms with van der Waals surface area (Å²) < 4.78 is 0. The topological polar surface area (TPSA) is 46.2 Å². The molecule has 0 saturated carbocycles. The van der Waals surface area contributed by atoms with Crippen LogP contribution in [0.3, 0.4) is 0 Å². The summed E-state index contributed by atoms with van der Waals surface area (Å²) in [6.45, 7) is 4.26. The van der Waals surface area contributed by atoms with E-state index in [9.17, 15) is 5.11 Å². The van der Waals surface area contributed by atoms with E-state index in [-0.39, 0.29) is 6.04 Å². The minimum Gasteiger partial charge on any atom is -0.391 e. The van der Waals surface area contributed by atoms with Crippen molar-refractivity contribution in [3.63, 3.8) is 0 Å². The first-order chi connectivity index (χ1) is 8.09. The first kappa shape index (κ1) is 14.6. The van der Waals surface area contributed by atoms with Gasteiger partial charge in [-0.1, -0.05) is 44.2 Å². The molecule has 3 heteroatoms. The molecular weight excluding hydrogens is 230 g/mol. The molecular formula is C14H23NOS. The average Bonchev–Trinajstić information content (AvgIpc) is 2.29. The second-order valence-electron chi connectivity index (χ2n) is 4.86. The van der Waals surface area contributed by atoms with Crippen LogP contribution < -0.4 is 5.73 Å². The van der Waals surface area contributed by atoms with Crippen LogP contribution in [0.5, 0.6) is 0 Å². The van der Waals surface area contributed by atoms with Crippen molar-refractivity contribution in [1.82, 2.24) is 0 Å². The van der Waals surface area contributed by atoms with E-state index >= 15 is 0 Å². The van der Waals surface area contributed by atoms with Gasteiger partial charge in [0.1, 0.15) is 0 Å². The molecule has 17 heavy (non-hydrogen) atoms. The Morgan fingerprint density at radius 3 is 2.47 bits per heavy atom.